The highest BCUT2D eigenvalue weighted by molar-refractivity contribution is 6.17. The molecule has 1 aliphatic rings. The van der Waals surface area contributed by atoms with Gasteiger partial charge in [-0.3, -0.25) is 0 Å². The van der Waals surface area contributed by atoms with E-state index in [0.29, 0.717) is 0 Å². The van der Waals surface area contributed by atoms with E-state index in [4.69, 9.17) is 9.97 Å². The van der Waals surface area contributed by atoms with Gasteiger partial charge in [-0.05, 0) is 121 Å². The smallest absolute Gasteiger partial charge is 0.0897 e. The quantitative estimate of drug-likeness (QED) is 0.194. The van der Waals surface area contributed by atoms with E-state index in [9.17, 15) is 0 Å². The molecule has 0 aliphatic carbocycles. The van der Waals surface area contributed by atoms with Gasteiger partial charge < -0.3 is 4.98 Å². The van der Waals surface area contributed by atoms with Crippen LogP contribution in [-0.4, -0.2) is 15.0 Å². The van der Waals surface area contributed by atoms with Crippen LogP contribution in [0.3, 0.4) is 0 Å². The lowest BCUT2D eigenvalue weighted by atomic mass is 9.82. The van der Waals surface area contributed by atoms with Gasteiger partial charge in [-0.2, -0.15) is 0 Å². The van der Waals surface area contributed by atoms with Gasteiger partial charge in [0.2, 0.25) is 0 Å². The van der Waals surface area contributed by atoms with Gasteiger partial charge in [-0.1, -0.05) is 129 Å². The van der Waals surface area contributed by atoms with Crippen LogP contribution in [0.4, 0.5) is 0 Å². The van der Waals surface area contributed by atoms with Crippen molar-refractivity contribution in [2.24, 2.45) is 0 Å². The lowest BCUT2D eigenvalue weighted by Gasteiger charge is -2.24. The van der Waals surface area contributed by atoms with E-state index in [1.807, 2.05) is 0 Å². The first-order valence-corrected chi connectivity index (χ1v) is 19.6. The minimum atomic E-state index is -0.118. The van der Waals surface area contributed by atoms with Crippen molar-refractivity contribution < 1.29 is 0 Å². The fourth-order valence-corrected chi connectivity index (χ4v) is 7.97. The zero-order chi connectivity index (χ0) is 38.4. The average molecular weight is 716 g/mol. The average Bonchev–Trinajstić information content (AvgIpc) is 3.54. The molecule has 0 atom stereocenters. The maximum Gasteiger partial charge on any atom is 0.0897 e. The lowest BCUT2D eigenvalue weighted by molar-refractivity contribution is 0.588. The van der Waals surface area contributed by atoms with Gasteiger partial charge in [0.15, 0.2) is 0 Å². The predicted molar refractivity (Wildman–Crippen MR) is 234 cm³/mol. The molecule has 9 rings (SSSR count). The summed E-state index contributed by atoms with van der Waals surface area (Å²) >= 11 is 0. The highest BCUT2D eigenvalue weighted by atomic mass is 14.8. The van der Waals surface area contributed by atoms with Gasteiger partial charge in [0.25, 0.3) is 0 Å². The SMILES string of the molecule is CC(C)(C)c1cc2cc(c1)-c1cc(-c3ccccc3)cc3c1[nH]c1c(cc(-c4ccccc4)cc13)-c1cc(C(C)(C)C)cc(n1)-c1cc(C(C)(C)C)cc-2n1. The van der Waals surface area contributed by atoms with Crippen molar-refractivity contribution in [3.63, 3.8) is 0 Å². The summed E-state index contributed by atoms with van der Waals surface area (Å²) in [6.45, 7) is 20.6. The molecule has 5 aromatic carbocycles. The van der Waals surface area contributed by atoms with E-state index in [1.54, 1.807) is 0 Å². The second-order valence-electron chi connectivity index (χ2n) is 18.6. The Balaban J connectivity index is 1.52. The summed E-state index contributed by atoms with van der Waals surface area (Å²) in [5.41, 5.74) is 18.6. The minimum absolute atomic E-state index is 0.0908. The third kappa shape index (κ3) is 6.26. The number of hydrogen-bond acceptors (Lipinski definition) is 2. The van der Waals surface area contributed by atoms with E-state index in [-0.39, 0.29) is 16.2 Å². The number of benzene rings is 5. The van der Waals surface area contributed by atoms with Crippen LogP contribution in [0.5, 0.6) is 0 Å². The molecular formula is C52H49N3. The first-order valence-electron chi connectivity index (χ1n) is 19.6. The number of fused-ring (bicyclic) bond motifs is 11. The number of H-pyrrole nitrogens is 1. The molecular weight excluding hydrogens is 667 g/mol. The molecule has 0 spiro atoms. The number of rotatable bonds is 2. The van der Waals surface area contributed by atoms with Crippen molar-refractivity contribution in [1.29, 1.82) is 0 Å². The van der Waals surface area contributed by atoms with Crippen molar-refractivity contribution in [2.45, 2.75) is 78.6 Å². The Morgan fingerprint density at radius 3 is 1.29 bits per heavy atom. The molecule has 0 radical (unpaired) electrons. The Morgan fingerprint density at radius 2 is 0.764 bits per heavy atom. The zero-order valence-electron chi connectivity index (χ0n) is 33.5. The number of nitrogens with one attached hydrogen (secondary N) is 1. The van der Waals surface area contributed by atoms with Crippen molar-refractivity contribution in [3.8, 4) is 67.3 Å². The second-order valence-corrected chi connectivity index (χ2v) is 18.6. The van der Waals surface area contributed by atoms with Gasteiger partial charge in [-0.25, -0.2) is 9.97 Å². The van der Waals surface area contributed by atoms with Crippen molar-refractivity contribution in [2.75, 3.05) is 0 Å². The van der Waals surface area contributed by atoms with Gasteiger partial charge >= 0.3 is 0 Å². The molecule has 8 bridgehead atoms. The number of nitrogens with zero attached hydrogens (tertiary/aromatic N) is 2. The van der Waals surface area contributed by atoms with Gasteiger partial charge in [-0.15, -0.1) is 0 Å². The van der Waals surface area contributed by atoms with Crippen LogP contribution in [0.1, 0.15) is 79.0 Å². The molecule has 0 unspecified atom stereocenters. The van der Waals surface area contributed by atoms with E-state index in [2.05, 4.69) is 195 Å². The number of aromatic amines is 1. The molecule has 4 heterocycles. The first kappa shape index (κ1) is 34.9. The first-order chi connectivity index (χ1) is 26.1. The maximum atomic E-state index is 5.55. The van der Waals surface area contributed by atoms with Crippen LogP contribution < -0.4 is 0 Å². The van der Waals surface area contributed by atoms with Crippen LogP contribution in [0.2, 0.25) is 0 Å². The molecule has 0 fully saturated rings. The Bertz CT molecular complexity index is 2600. The van der Waals surface area contributed by atoms with Crippen LogP contribution in [0.25, 0.3) is 89.1 Å². The summed E-state index contributed by atoms with van der Waals surface area (Å²) < 4.78 is 0. The fraction of sp³-hybridized carbons (Fsp3) is 0.231. The summed E-state index contributed by atoms with van der Waals surface area (Å²) in [6.07, 6.45) is 0. The predicted octanol–water partition coefficient (Wildman–Crippen LogP) is 14.3. The Morgan fingerprint density at radius 1 is 0.345 bits per heavy atom. The van der Waals surface area contributed by atoms with Crippen molar-refractivity contribution in [1.82, 2.24) is 15.0 Å². The number of pyridine rings is 2. The van der Waals surface area contributed by atoms with Crippen LogP contribution >= 0.6 is 0 Å². The number of hydrogen-bond donors (Lipinski definition) is 1. The van der Waals surface area contributed by atoms with Gasteiger partial charge in [0.05, 0.1) is 33.8 Å². The zero-order valence-corrected chi connectivity index (χ0v) is 33.5. The highest BCUT2D eigenvalue weighted by Gasteiger charge is 2.26. The van der Waals surface area contributed by atoms with E-state index >= 15 is 0 Å². The molecule has 55 heavy (non-hydrogen) atoms. The van der Waals surface area contributed by atoms with Gasteiger partial charge in [0.1, 0.15) is 0 Å². The lowest BCUT2D eigenvalue weighted by Crippen LogP contribution is -2.14. The fourth-order valence-electron chi connectivity index (χ4n) is 7.97. The Hall–Kier alpha value is -5.80. The Labute approximate surface area is 325 Å². The molecule has 0 saturated carbocycles. The minimum Gasteiger partial charge on any atom is -0.353 e. The standard InChI is InChI=1S/C52H49N3/c1-50(2,3)37-21-35-20-36(22-37)44-27-38(51(4,5)6)29-46(53-44)47-30-39(52(7,8)9)28-45(54-47)43-26-34(32-18-14-11-15-19-32)25-42-41-24-33(31-16-12-10-13-17-31)23-40(35)48(41)55-49(42)43/h10-30,55H,1-9H3. The summed E-state index contributed by atoms with van der Waals surface area (Å²) in [5.74, 6) is 0. The van der Waals surface area contributed by atoms with Crippen molar-refractivity contribution >= 4 is 21.8 Å². The molecule has 272 valence electrons. The normalized spacial score (nSPS) is 12.8. The second kappa shape index (κ2) is 12.4. The largest absolute Gasteiger partial charge is 0.353 e. The molecule has 8 aromatic rings. The van der Waals surface area contributed by atoms with Crippen LogP contribution in [0, 0.1) is 0 Å². The van der Waals surface area contributed by atoms with Crippen LogP contribution in [0.15, 0.2) is 127 Å². The molecule has 0 amide bonds. The third-order valence-electron chi connectivity index (χ3n) is 11.4. The topological polar surface area (TPSA) is 41.6 Å². The summed E-state index contributed by atoms with van der Waals surface area (Å²) in [4.78, 5) is 15.1. The van der Waals surface area contributed by atoms with E-state index < -0.39 is 0 Å². The molecule has 3 nitrogen and oxygen atoms in total. The van der Waals surface area contributed by atoms with E-state index in [1.165, 1.54) is 55.3 Å². The molecule has 1 N–H and O–H groups in total. The summed E-state index contributed by atoms with van der Waals surface area (Å²) in [7, 11) is 0. The monoisotopic (exact) mass is 715 g/mol. The molecule has 0 saturated heterocycles. The van der Waals surface area contributed by atoms with Gasteiger partial charge in [0, 0.05) is 27.5 Å². The number of aromatic nitrogens is 3. The van der Waals surface area contributed by atoms with Crippen LogP contribution in [-0.2, 0) is 16.2 Å². The molecule has 3 aromatic heterocycles. The molecule has 3 heteroatoms. The summed E-state index contributed by atoms with van der Waals surface area (Å²) in [5, 5.41) is 2.38. The molecule has 1 aliphatic heterocycles. The van der Waals surface area contributed by atoms with E-state index in [0.717, 1.165) is 50.5 Å². The highest BCUT2D eigenvalue weighted by Crippen LogP contribution is 2.45. The third-order valence-corrected chi connectivity index (χ3v) is 11.4. The maximum absolute atomic E-state index is 5.55. The van der Waals surface area contributed by atoms with Crippen molar-refractivity contribution in [3.05, 3.63) is 144 Å². The summed E-state index contributed by atoms with van der Waals surface area (Å²) in [6, 6.07) is 47.2. The Kier molecular flexibility index (Phi) is 7.85.